The molecule has 1 unspecified atom stereocenters. The molecular formula is C16H25NO3. The fourth-order valence-corrected chi connectivity index (χ4v) is 2.15. The number of aliphatic hydroxyl groups is 1. The van der Waals surface area contributed by atoms with Crippen LogP contribution in [0.15, 0.2) is 24.3 Å². The standard InChI is InChI=1S/C16H25NO3/c1-12(2)9-16(4,19)11-17-15(18)10-20-14-8-6-5-7-13(14)3/h5-8,12,19H,9-11H2,1-4H3,(H,17,18). The molecule has 4 nitrogen and oxygen atoms in total. The van der Waals surface area contributed by atoms with Gasteiger partial charge in [-0.15, -0.1) is 0 Å². The molecule has 0 heterocycles. The molecule has 0 spiro atoms. The second-order valence-corrected chi connectivity index (χ2v) is 5.93. The Balaban J connectivity index is 2.36. The molecule has 0 saturated heterocycles. The van der Waals surface area contributed by atoms with E-state index in [-0.39, 0.29) is 19.1 Å². The minimum Gasteiger partial charge on any atom is -0.484 e. The highest BCUT2D eigenvalue weighted by Gasteiger charge is 2.22. The van der Waals surface area contributed by atoms with E-state index in [1.165, 1.54) is 0 Å². The Morgan fingerprint density at radius 1 is 1.40 bits per heavy atom. The molecule has 1 amide bonds. The average molecular weight is 279 g/mol. The first-order chi connectivity index (χ1) is 9.30. The highest BCUT2D eigenvalue weighted by Crippen LogP contribution is 2.16. The van der Waals surface area contributed by atoms with Gasteiger partial charge in [0, 0.05) is 6.54 Å². The lowest BCUT2D eigenvalue weighted by Gasteiger charge is -2.25. The zero-order valence-corrected chi connectivity index (χ0v) is 12.8. The van der Waals surface area contributed by atoms with Gasteiger partial charge >= 0.3 is 0 Å². The molecule has 0 saturated carbocycles. The van der Waals surface area contributed by atoms with Gasteiger partial charge in [-0.1, -0.05) is 32.0 Å². The maximum atomic E-state index is 11.7. The Kier molecular flexibility index (Phi) is 6.02. The summed E-state index contributed by atoms with van der Waals surface area (Å²) in [7, 11) is 0. The van der Waals surface area contributed by atoms with Crippen LogP contribution in [0.5, 0.6) is 5.75 Å². The van der Waals surface area contributed by atoms with E-state index in [4.69, 9.17) is 4.74 Å². The van der Waals surface area contributed by atoms with Crippen molar-refractivity contribution < 1.29 is 14.6 Å². The van der Waals surface area contributed by atoms with E-state index in [2.05, 4.69) is 5.32 Å². The summed E-state index contributed by atoms with van der Waals surface area (Å²) >= 11 is 0. The van der Waals surface area contributed by atoms with Crippen LogP contribution in [0, 0.1) is 12.8 Å². The first-order valence-electron chi connectivity index (χ1n) is 6.98. The molecule has 1 aromatic carbocycles. The lowest BCUT2D eigenvalue weighted by atomic mass is 9.94. The summed E-state index contributed by atoms with van der Waals surface area (Å²) in [4.78, 5) is 11.7. The minimum absolute atomic E-state index is 0.0391. The first-order valence-corrected chi connectivity index (χ1v) is 6.98. The van der Waals surface area contributed by atoms with Crippen molar-refractivity contribution in [1.82, 2.24) is 5.32 Å². The Morgan fingerprint density at radius 2 is 2.05 bits per heavy atom. The van der Waals surface area contributed by atoms with E-state index < -0.39 is 5.60 Å². The Labute approximate surface area is 121 Å². The number of benzene rings is 1. The third-order valence-corrected chi connectivity index (χ3v) is 2.97. The van der Waals surface area contributed by atoms with Crippen LogP contribution in [-0.4, -0.2) is 29.8 Å². The second kappa shape index (κ2) is 7.29. The van der Waals surface area contributed by atoms with E-state index >= 15 is 0 Å². The largest absolute Gasteiger partial charge is 0.484 e. The van der Waals surface area contributed by atoms with Crippen molar-refractivity contribution in [1.29, 1.82) is 0 Å². The summed E-state index contributed by atoms with van der Waals surface area (Å²) in [5.41, 5.74) is 0.110. The molecule has 112 valence electrons. The number of hydrogen-bond acceptors (Lipinski definition) is 3. The molecule has 1 aromatic rings. The topological polar surface area (TPSA) is 58.6 Å². The number of para-hydroxylation sites is 1. The molecule has 2 N–H and O–H groups in total. The quantitative estimate of drug-likeness (QED) is 0.805. The van der Waals surface area contributed by atoms with E-state index in [1.807, 2.05) is 45.0 Å². The molecule has 0 radical (unpaired) electrons. The van der Waals surface area contributed by atoms with Crippen LogP contribution >= 0.6 is 0 Å². The first kappa shape index (κ1) is 16.5. The zero-order chi connectivity index (χ0) is 15.2. The Bertz CT molecular complexity index is 441. The van der Waals surface area contributed by atoms with Gasteiger partial charge in [-0.25, -0.2) is 0 Å². The van der Waals surface area contributed by atoms with Crippen LogP contribution < -0.4 is 10.1 Å². The number of amides is 1. The smallest absolute Gasteiger partial charge is 0.258 e. The molecule has 20 heavy (non-hydrogen) atoms. The van der Waals surface area contributed by atoms with Crippen molar-refractivity contribution in [2.75, 3.05) is 13.2 Å². The molecule has 1 rings (SSSR count). The number of rotatable bonds is 7. The van der Waals surface area contributed by atoms with E-state index in [0.29, 0.717) is 18.1 Å². The van der Waals surface area contributed by atoms with Gasteiger partial charge in [-0.05, 0) is 37.8 Å². The van der Waals surface area contributed by atoms with Gasteiger partial charge in [-0.3, -0.25) is 4.79 Å². The van der Waals surface area contributed by atoms with Crippen LogP contribution in [0.4, 0.5) is 0 Å². The van der Waals surface area contributed by atoms with Crippen molar-refractivity contribution in [3.05, 3.63) is 29.8 Å². The van der Waals surface area contributed by atoms with Crippen LogP contribution in [0.1, 0.15) is 32.8 Å². The molecule has 0 fully saturated rings. The van der Waals surface area contributed by atoms with Crippen LogP contribution in [0.2, 0.25) is 0 Å². The lowest BCUT2D eigenvalue weighted by Crippen LogP contribution is -2.43. The monoisotopic (exact) mass is 279 g/mol. The van der Waals surface area contributed by atoms with E-state index in [9.17, 15) is 9.90 Å². The molecule has 0 aliphatic rings. The van der Waals surface area contributed by atoms with Gasteiger partial charge in [0.25, 0.3) is 5.91 Å². The van der Waals surface area contributed by atoms with Gasteiger partial charge in [0.1, 0.15) is 5.75 Å². The highest BCUT2D eigenvalue weighted by molar-refractivity contribution is 5.77. The van der Waals surface area contributed by atoms with Gasteiger partial charge < -0.3 is 15.2 Å². The normalized spacial score (nSPS) is 13.9. The number of hydrogen-bond donors (Lipinski definition) is 2. The van der Waals surface area contributed by atoms with Crippen LogP contribution in [0.3, 0.4) is 0 Å². The number of aryl methyl sites for hydroxylation is 1. The summed E-state index contributed by atoms with van der Waals surface area (Å²) in [6.07, 6.45) is 0.645. The summed E-state index contributed by atoms with van der Waals surface area (Å²) in [6, 6.07) is 7.55. The van der Waals surface area contributed by atoms with Crippen molar-refractivity contribution in [2.45, 2.75) is 39.7 Å². The van der Waals surface area contributed by atoms with Gasteiger partial charge in [-0.2, -0.15) is 0 Å². The molecule has 0 bridgehead atoms. The second-order valence-electron chi connectivity index (χ2n) is 5.93. The highest BCUT2D eigenvalue weighted by atomic mass is 16.5. The summed E-state index contributed by atoms with van der Waals surface area (Å²) < 4.78 is 5.45. The molecule has 4 heteroatoms. The van der Waals surface area contributed by atoms with Gasteiger partial charge in [0.2, 0.25) is 0 Å². The number of carbonyl (C=O) groups excluding carboxylic acids is 1. The third kappa shape index (κ3) is 6.06. The third-order valence-electron chi connectivity index (χ3n) is 2.97. The summed E-state index contributed by atoms with van der Waals surface area (Å²) in [5, 5.41) is 12.8. The van der Waals surface area contributed by atoms with Crippen LogP contribution in [-0.2, 0) is 4.79 Å². The van der Waals surface area contributed by atoms with Crippen molar-refractivity contribution >= 4 is 5.91 Å². The SMILES string of the molecule is Cc1ccccc1OCC(=O)NCC(C)(O)CC(C)C. The lowest BCUT2D eigenvalue weighted by molar-refractivity contribution is -0.124. The maximum absolute atomic E-state index is 11.7. The molecule has 0 aliphatic heterocycles. The van der Waals surface area contributed by atoms with Crippen molar-refractivity contribution in [3.8, 4) is 5.75 Å². The van der Waals surface area contributed by atoms with E-state index in [0.717, 1.165) is 5.56 Å². The van der Waals surface area contributed by atoms with Gasteiger partial charge in [0.05, 0.1) is 5.60 Å². The molecule has 0 aromatic heterocycles. The number of carbonyl (C=O) groups is 1. The number of ether oxygens (including phenoxy) is 1. The molecule has 0 aliphatic carbocycles. The predicted molar refractivity (Wildman–Crippen MR) is 79.8 cm³/mol. The predicted octanol–water partition coefficient (Wildman–Crippen LogP) is 2.29. The zero-order valence-electron chi connectivity index (χ0n) is 12.8. The van der Waals surface area contributed by atoms with E-state index in [1.54, 1.807) is 6.92 Å². The van der Waals surface area contributed by atoms with Crippen molar-refractivity contribution in [2.24, 2.45) is 5.92 Å². The molecular weight excluding hydrogens is 254 g/mol. The minimum atomic E-state index is -0.882. The number of nitrogens with one attached hydrogen (secondary N) is 1. The maximum Gasteiger partial charge on any atom is 0.258 e. The average Bonchev–Trinajstić information content (AvgIpc) is 2.34. The van der Waals surface area contributed by atoms with Crippen molar-refractivity contribution in [3.63, 3.8) is 0 Å². The van der Waals surface area contributed by atoms with Gasteiger partial charge in [0.15, 0.2) is 6.61 Å². The van der Waals surface area contributed by atoms with Crippen LogP contribution in [0.25, 0.3) is 0 Å². The summed E-state index contributed by atoms with van der Waals surface area (Å²) in [6.45, 7) is 7.94. The summed E-state index contributed by atoms with van der Waals surface area (Å²) in [5.74, 6) is 0.860. The Hall–Kier alpha value is -1.55. The Morgan fingerprint density at radius 3 is 2.65 bits per heavy atom. The fraction of sp³-hybridized carbons (Fsp3) is 0.562. The molecule has 1 atom stereocenters. The fourth-order valence-electron chi connectivity index (χ4n) is 2.15.